The maximum Gasteiger partial charge on any atom is 0.516 e. The van der Waals surface area contributed by atoms with E-state index in [1.807, 2.05) is 39.5 Å². The van der Waals surface area contributed by atoms with Gasteiger partial charge in [0.15, 0.2) is 5.84 Å². The molecular weight excluding hydrogens is 445 g/mol. The van der Waals surface area contributed by atoms with Crippen molar-refractivity contribution in [3.63, 3.8) is 0 Å². The highest BCUT2D eigenvalue weighted by atomic mass is 19.4. The van der Waals surface area contributed by atoms with E-state index in [1.54, 1.807) is 6.07 Å². The Bertz CT molecular complexity index is 1010. The standard InChI is InChI=1S/C25H36F3N4O2/c1-7-32(23(33)34-24(4,5)6)12-10-31(11-13-32)22-21(29)16(2)8-9-18-14-17(3)19(25(26,27)28)15-20(18)30-22/h14-15H,7-13,29H2,1-6H3/q+1. The van der Waals surface area contributed by atoms with Crippen LogP contribution in [0.25, 0.3) is 0 Å². The lowest BCUT2D eigenvalue weighted by Gasteiger charge is -2.43. The van der Waals surface area contributed by atoms with E-state index >= 15 is 0 Å². The zero-order valence-electron chi connectivity index (χ0n) is 21.0. The Kier molecular flexibility index (Phi) is 7.09. The SMILES string of the molecule is CC[N+]1(C(=O)OC(C)(C)C)CCN(C2=Nc3cc(C(F)(F)F)c(C)cc3CCC(C)=C2N)CC1. The van der Waals surface area contributed by atoms with Crippen LogP contribution in [-0.2, 0) is 17.3 Å². The summed E-state index contributed by atoms with van der Waals surface area (Å²) in [5.74, 6) is 0.480. The molecule has 1 fully saturated rings. The molecule has 6 nitrogen and oxygen atoms in total. The highest BCUT2D eigenvalue weighted by molar-refractivity contribution is 6.00. The molecule has 2 heterocycles. The molecule has 34 heavy (non-hydrogen) atoms. The topological polar surface area (TPSA) is 67.9 Å². The average molecular weight is 482 g/mol. The van der Waals surface area contributed by atoms with Gasteiger partial charge in [0.05, 0.1) is 36.6 Å². The van der Waals surface area contributed by atoms with Gasteiger partial charge in [0.1, 0.15) is 18.7 Å². The first-order valence-corrected chi connectivity index (χ1v) is 11.8. The van der Waals surface area contributed by atoms with Crippen molar-refractivity contribution >= 4 is 17.6 Å². The number of rotatable bonds is 1. The predicted octanol–water partition coefficient (Wildman–Crippen LogP) is 5.31. The first-order valence-electron chi connectivity index (χ1n) is 11.8. The zero-order valence-corrected chi connectivity index (χ0v) is 21.0. The van der Waals surface area contributed by atoms with Crippen LogP contribution in [-0.4, -0.2) is 59.6 Å². The van der Waals surface area contributed by atoms with Gasteiger partial charge >= 0.3 is 12.3 Å². The van der Waals surface area contributed by atoms with Crippen molar-refractivity contribution in [2.75, 3.05) is 32.7 Å². The number of nitrogens with two attached hydrogens (primary N) is 1. The van der Waals surface area contributed by atoms with Gasteiger partial charge in [-0.25, -0.2) is 9.48 Å². The molecule has 1 aromatic carbocycles. The minimum atomic E-state index is -4.45. The van der Waals surface area contributed by atoms with Crippen LogP contribution >= 0.6 is 0 Å². The highest BCUT2D eigenvalue weighted by Crippen LogP contribution is 2.38. The fourth-order valence-electron chi connectivity index (χ4n) is 4.48. The Balaban J connectivity index is 1.96. The molecule has 2 N–H and O–H groups in total. The molecule has 0 atom stereocenters. The van der Waals surface area contributed by atoms with E-state index in [-0.39, 0.29) is 16.1 Å². The summed E-state index contributed by atoms with van der Waals surface area (Å²) in [6.45, 7) is 13.5. The number of likely N-dealkylation sites (N-methyl/N-ethyl adjacent to an activating group) is 1. The first kappa shape index (κ1) is 26.1. The number of carbonyl (C=O) groups is 1. The van der Waals surface area contributed by atoms with Crippen LogP contribution in [0.5, 0.6) is 0 Å². The molecule has 0 radical (unpaired) electrons. The van der Waals surface area contributed by atoms with Gasteiger partial charge in [-0.15, -0.1) is 0 Å². The molecule has 3 rings (SSSR count). The summed E-state index contributed by atoms with van der Waals surface area (Å²) in [5.41, 5.74) is 7.92. The number of aliphatic imine (C=N–C) groups is 1. The zero-order chi connectivity index (χ0) is 25.5. The molecule has 188 valence electrons. The first-order chi connectivity index (χ1) is 15.7. The summed E-state index contributed by atoms with van der Waals surface area (Å²) in [6, 6.07) is 2.72. The normalized spacial score (nSPS) is 19.2. The molecule has 9 heteroatoms. The fourth-order valence-corrected chi connectivity index (χ4v) is 4.48. The van der Waals surface area contributed by atoms with Gasteiger partial charge in [-0.2, -0.15) is 18.0 Å². The lowest BCUT2D eigenvalue weighted by atomic mass is 9.96. The second-order valence-corrected chi connectivity index (χ2v) is 10.3. The second-order valence-electron chi connectivity index (χ2n) is 10.3. The summed E-state index contributed by atoms with van der Waals surface area (Å²) in [5, 5.41) is 0. The minimum absolute atomic E-state index is 0.192. The summed E-state index contributed by atoms with van der Waals surface area (Å²) < 4.78 is 46.6. The smallest absolute Gasteiger partial charge is 0.414 e. The van der Waals surface area contributed by atoms with E-state index in [2.05, 4.69) is 4.99 Å². The van der Waals surface area contributed by atoms with E-state index in [4.69, 9.17) is 10.5 Å². The number of carbonyl (C=O) groups excluding carboxylic acids is 1. The number of allylic oxidation sites excluding steroid dienone is 1. The number of fused-ring (bicyclic) bond motifs is 1. The molecule has 2 aliphatic heterocycles. The molecule has 0 spiro atoms. The Morgan fingerprint density at radius 2 is 1.76 bits per heavy atom. The molecule has 0 aromatic heterocycles. The largest absolute Gasteiger partial charge is 0.516 e. The van der Waals surface area contributed by atoms with Crippen LogP contribution in [0, 0.1) is 6.92 Å². The molecule has 1 amide bonds. The summed E-state index contributed by atoms with van der Waals surface area (Å²) in [4.78, 5) is 19.6. The Labute approximate surface area is 199 Å². The fraction of sp³-hybridized carbons (Fsp3) is 0.600. The highest BCUT2D eigenvalue weighted by Gasteiger charge is 2.43. The van der Waals surface area contributed by atoms with Crippen molar-refractivity contribution < 1.29 is 27.2 Å². The number of halogens is 3. The van der Waals surface area contributed by atoms with Crippen molar-refractivity contribution in [2.45, 2.75) is 66.2 Å². The number of benzene rings is 1. The Hall–Kier alpha value is -2.55. The lowest BCUT2D eigenvalue weighted by Crippen LogP contribution is -2.64. The van der Waals surface area contributed by atoms with Crippen molar-refractivity contribution in [3.05, 3.63) is 40.1 Å². The summed E-state index contributed by atoms with van der Waals surface area (Å²) in [6.07, 6.45) is -3.50. The maximum absolute atomic E-state index is 13.6. The molecular formula is C25H36F3N4O2+. The predicted molar refractivity (Wildman–Crippen MR) is 127 cm³/mol. The third-order valence-electron chi connectivity index (χ3n) is 6.71. The van der Waals surface area contributed by atoms with Crippen LogP contribution in [0.15, 0.2) is 28.4 Å². The number of hydrogen-bond donors (Lipinski definition) is 1. The number of piperazine rings is 1. The van der Waals surface area contributed by atoms with Crippen LogP contribution in [0.4, 0.5) is 23.7 Å². The monoisotopic (exact) mass is 481 g/mol. The van der Waals surface area contributed by atoms with Crippen LogP contribution in [0.1, 0.15) is 57.7 Å². The number of quaternary nitrogens is 1. The Morgan fingerprint density at radius 1 is 1.15 bits per heavy atom. The third kappa shape index (κ3) is 5.40. The van der Waals surface area contributed by atoms with E-state index in [0.717, 1.165) is 17.2 Å². The lowest BCUT2D eigenvalue weighted by molar-refractivity contribution is -0.861. The van der Waals surface area contributed by atoms with Crippen molar-refractivity contribution in [3.8, 4) is 0 Å². The number of amidine groups is 1. The maximum atomic E-state index is 13.6. The molecule has 1 aromatic rings. The van der Waals surface area contributed by atoms with Crippen molar-refractivity contribution in [2.24, 2.45) is 10.7 Å². The van der Waals surface area contributed by atoms with Gasteiger partial charge in [-0.3, -0.25) is 0 Å². The second kappa shape index (κ2) is 9.24. The molecule has 0 unspecified atom stereocenters. The number of nitrogens with zero attached hydrogens (tertiary/aromatic N) is 3. The van der Waals surface area contributed by atoms with E-state index in [1.165, 1.54) is 6.92 Å². The number of alkyl halides is 3. The molecule has 0 bridgehead atoms. The van der Waals surface area contributed by atoms with Gasteiger partial charge in [0, 0.05) is 0 Å². The Morgan fingerprint density at radius 3 is 2.29 bits per heavy atom. The number of aryl methyl sites for hydroxylation is 2. The summed E-state index contributed by atoms with van der Waals surface area (Å²) >= 11 is 0. The van der Waals surface area contributed by atoms with E-state index in [9.17, 15) is 18.0 Å². The molecule has 2 aliphatic rings. The van der Waals surface area contributed by atoms with Gasteiger partial charge < -0.3 is 15.4 Å². The van der Waals surface area contributed by atoms with E-state index < -0.39 is 17.3 Å². The third-order valence-corrected chi connectivity index (χ3v) is 6.71. The van der Waals surface area contributed by atoms with Gasteiger partial charge in [0.25, 0.3) is 0 Å². The molecule has 0 aliphatic carbocycles. The number of ether oxygens (including phenoxy) is 1. The van der Waals surface area contributed by atoms with Crippen LogP contribution in [0.2, 0.25) is 0 Å². The average Bonchev–Trinajstić information content (AvgIpc) is 2.73. The van der Waals surface area contributed by atoms with E-state index in [0.29, 0.717) is 62.8 Å². The van der Waals surface area contributed by atoms with Crippen molar-refractivity contribution in [1.29, 1.82) is 0 Å². The minimum Gasteiger partial charge on any atom is -0.414 e. The van der Waals surface area contributed by atoms with Gasteiger partial charge in [0.2, 0.25) is 0 Å². The number of amides is 1. The molecule has 0 saturated carbocycles. The quantitative estimate of drug-likeness (QED) is 0.552. The summed E-state index contributed by atoms with van der Waals surface area (Å²) in [7, 11) is 0. The number of hydrogen-bond acceptors (Lipinski definition) is 5. The van der Waals surface area contributed by atoms with Crippen molar-refractivity contribution in [1.82, 2.24) is 4.90 Å². The van der Waals surface area contributed by atoms with Gasteiger partial charge in [-0.1, -0.05) is 6.07 Å². The molecule has 1 saturated heterocycles. The van der Waals surface area contributed by atoms with Gasteiger partial charge in [-0.05, 0) is 77.2 Å². The van der Waals surface area contributed by atoms with Crippen LogP contribution < -0.4 is 5.73 Å². The van der Waals surface area contributed by atoms with Crippen LogP contribution in [0.3, 0.4) is 0 Å².